The molecule has 0 rings (SSSR count). The number of unbranched alkanes of at least 4 members (excludes halogenated alkanes) is 1. The van der Waals surface area contributed by atoms with Crippen LogP contribution in [0.1, 0.15) is 26.7 Å². The van der Waals surface area contributed by atoms with Crippen LogP contribution >= 0.6 is 0 Å². The van der Waals surface area contributed by atoms with Crippen molar-refractivity contribution in [3.63, 3.8) is 0 Å². The van der Waals surface area contributed by atoms with E-state index in [2.05, 4.69) is 12.2 Å². The number of carbonyl (C=O) groups excluding carboxylic acids is 2. The van der Waals surface area contributed by atoms with Crippen LogP contribution in [0.5, 0.6) is 0 Å². The summed E-state index contributed by atoms with van der Waals surface area (Å²) in [5.74, 6) is -0.0625. The summed E-state index contributed by atoms with van der Waals surface area (Å²) in [5.41, 5.74) is 0. The van der Waals surface area contributed by atoms with Crippen LogP contribution in [0.15, 0.2) is 0 Å². The van der Waals surface area contributed by atoms with E-state index in [0.29, 0.717) is 13.1 Å². The fraction of sp³-hybridized carbons (Fsp3) is 0.818. The Balaban J connectivity index is 4.06. The van der Waals surface area contributed by atoms with Crippen LogP contribution in [-0.2, 0) is 4.79 Å². The van der Waals surface area contributed by atoms with E-state index in [4.69, 9.17) is 0 Å². The predicted molar refractivity (Wildman–Crippen MR) is 64.2 cm³/mol. The Bertz CT molecular complexity index is 229. The second-order valence-electron chi connectivity index (χ2n) is 3.89. The van der Waals surface area contributed by atoms with E-state index in [9.17, 15) is 9.59 Å². The molecule has 5 heteroatoms. The number of hydrogen-bond donors (Lipinski definition) is 1. The molecule has 3 amide bonds. The maximum atomic E-state index is 11.7. The maximum Gasteiger partial charge on any atom is 0.317 e. The Morgan fingerprint density at radius 2 is 1.81 bits per heavy atom. The average Bonchev–Trinajstić information content (AvgIpc) is 2.25. The predicted octanol–water partition coefficient (Wildman–Crippen LogP) is 0.906. The molecular formula is C11H23N3O2. The SMILES string of the molecule is CCCCNC(=O)N(CC)CC(=O)N(C)C. The number of rotatable bonds is 6. The molecule has 0 saturated carbocycles. The molecule has 0 radical (unpaired) electrons. The third-order valence-electron chi connectivity index (χ3n) is 2.30. The molecule has 0 aliphatic rings. The fourth-order valence-corrected chi connectivity index (χ4v) is 1.12. The van der Waals surface area contributed by atoms with Crippen LogP contribution in [-0.4, -0.2) is 55.5 Å². The van der Waals surface area contributed by atoms with Crippen molar-refractivity contribution < 1.29 is 9.59 Å². The van der Waals surface area contributed by atoms with E-state index in [1.165, 1.54) is 9.80 Å². The van der Waals surface area contributed by atoms with Crippen molar-refractivity contribution >= 4 is 11.9 Å². The molecule has 16 heavy (non-hydrogen) atoms. The number of amides is 3. The van der Waals surface area contributed by atoms with Crippen molar-refractivity contribution in [2.45, 2.75) is 26.7 Å². The van der Waals surface area contributed by atoms with Gasteiger partial charge in [0.25, 0.3) is 0 Å². The number of urea groups is 1. The van der Waals surface area contributed by atoms with Gasteiger partial charge in [-0.15, -0.1) is 0 Å². The summed E-state index contributed by atoms with van der Waals surface area (Å²) in [6.45, 7) is 5.28. The highest BCUT2D eigenvalue weighted by atomic mass is 16.2. The Kier molecular flexibility index (Phi) is 7.33. The molecule has 0 fully saturated rings. The molecule has 0 saturated heterocycles. The van der Waals surface area contributed by atoms with Gasteiger partial charge in [0.2, 0.25) is 5.91 Å². The van der Waals surface area contributed by atoms with Crippen LogP contribution < -0.4 is 5.32 Å². The van der Waals surface area contributed by atoms with Crippen LogP contribution in [0.25, 0.3) is 0 Å². The lowest BCUT2D eigenvalue weighted by Gasteiger charge is -2.22. The molecular weight excluding hydrogens is 206 g/mol. The van der Waals surface area contributed by atoms with Gasteiger partial charge in [0, 0.05) is 27.2 Å². The normalized spacial score (nSPS) is 9.75. The smallest absolute Gasteiger partial charge is 0.317 e. The maximum absolute atomic E-state index is 11.7. The van der Waals surface area contributed by atoms with E-state index in [-0.39, 0.29) is 18.5 Å². The molecule has 0 aliphatic heterocycles. The number of nitrogens with one attached hydrogen (secondary N) is 1. The average molecular weight is 229 g/mol. The zero-order chi connectivity index (χ0) is 12.6. The fourth-order valence-electron chi connectivity index (χ4n) is 1.12. The second-order valence-corrected chi connectivity index (χ2v) is 3.89. The van der Waals surface area contributed by atoms with Crippen LogP contribution in [0.2, 0.25) is 0 Å². The Hall–Kier alpha value is -1.26. The first-order chi connectivity index (χ1) is 7.52. The summed E-state index contributed by atoms with van der Waals surface area (Å²) in [4.78, 5) is 26.1. The third-order valence-corrected chi connectivity index (χ3v) is 2.30. The zero-order valence-corrected chi connectivity index (χ0v) is 10.7. The lowest BCUT2D eigenvalue weighted by atomic mass is 10.3. The van der Waals surface area contributed by atoms with E-state index < -0.39 is 0 Å². The lowest BCUT2D eigenvalue weighted by molar-refractivity contribution is -0.129. The summed E-state index contributed by atoms with van der Waals surface area (Å²) in [6.07, 6.45) is 2.01. The standard InChI is InChI=1S/C11H23N3O2/c1-5-7-8-12-11(16)14(6-2)9-10(15)13(3)4/h5-9H2,1-4H3,(H,12,16). The molecule has 94 valence electrons. The van der Waals surface area contributed by atoms with Gasteiger partial charge >= 0.3 is 6.03 Å². The van der Waals surface area contributed by atoms with Crippen LogP contribution in [0.3, 0.4) is 0 Å². The molecule has 0 aromatic rings. The summed E-state index contributed by atoms with van der Waals surface area (Å²) in [5, 5.41) is 2.80. The molecule has 0 aromatic carbocycles. The molecule has 0 aliphatic carbocycles. The molecule has 5 nitrogen and oxygen atoms in total. The Labute approximate surface area is 97.8 Å². The van der Waals surface area contributed by atoms with Crippen molar-refractivity contribution in [3.05, 3.63) is 0 Å². The number of nitrogens with zero attached hydrogens (tertiary/aromatic N) is 2. The van der Waals surface area contributed by atoms with Gasteiger partial charge in [0.05, 0.1) is 0 Å². The summed E-state index contributed by atoms with van der Waals surface area (Å²) in [7, 11) is 3.37. The van der Waals surface area contributed by atoms with Gasteiger partial charge in [-0.05, 0) is 13.3 Å². The summed E-state index contributed by atoms with van der Waals surface area (Å²) < 4.78 is 0. The number of carbonyl (C=O) groups is 2. The van der Waals surface area contributed by atoms with Gasteiger partial charge in [-0.1, -0.05) is 13.3 Å². The Morgan fingerprint density at radius 3 is 2.25 bits per heavy atom. The molecule has 0 heterocycles. The van der Waals surface area contributed by atoms with Crippen LogP contribution in [0.4, 0.5) is 4.79 Å². The first kappa shape index (κ1) is 14.7. The highest BCUT2D eigenvalue weighted by molar-refractivity contribution is 5.83. The molecule has 0 unspecified atom stereocenters. The van der Waals surface area contributed by atoms with Crippen molar-refractivity contribution in [3.8, 4) is 0 Å². The third kappa shape index (κ3) is 5.58. The topological polar surface area (TPSA) is 52.7 Å². The molecule has 0 atom stereocenters. The van der Waals surface area contributed by atoms with Gasteiger partial charge < -0.3 is 15.1 Å². The zero-order valence-electron chi connectivity index (χ0n) is 10.7. The highest BCUT2D eigenvalue weighted by Gasteiger charge is 2.15. The molecule has 0 bridgehead atoms. The van der Waals surface area contributed by atoms with Gasteiger partial charge in [-0.3, -0.25) is 4.79 Å². The minimum Gasteiger partial charge on any atom is -0.347 e. The summed E-state index contributed by atoms with van der Waals surface area (Å²) >= 11 is 0. The largest absolute Gasteiger partial charge is 0.347 e. The van der Waals surface area contributed by atoms with Crippen molar-refractivity contribution in [2.75, 3.05) is 33.7 Å². The van der Waals surface area contributed by atoms with Crippen LogP contribution in [0, 0.1) is 0 Å². The number of hydrogen-bond acceptors (Lipinski definition) is 2. The minimum atomic E-state index is -0.161. The summed E-state index contributed by atoms with van der Waals surface area (Å²) in [6, 6.07) is -0.161. The van der Waals surface area contributed by atoms with Gasteiger partial charge in [-0.2, -0.15) is 0 Å². The van der Waals surface area contributed by atoms with E-state index in [1.54, 1.807) is 14.1 Å². The first-order valence-electron chi connectivity index (χ1n) is 5.75. The van der Waals surface area contributed by atoms with Crippen molar-refractivity contribution in [2.24, 2.45) is 0 Å². The molecule has 0 aromatic heterocycles. The van der Waals surface area contributed by atoms with Gasteiger partial charge in [-0.25, -0.2) is 4.79 Å². The monoisotopic (exact) mass is 229 g/mol. The minimum absolute atomic E-state index is 0.0625. The molecule has 1 N–H and O–H groups in total. The van der Waals surface area contributed by atoms with E-state index >= 15 is 0 Å². The Morgan fingerprint density at radius 1 is 1.19 bits per heavy atom. The van der Waals surface area contributed by atoms with Gasteiger partial charge in [0.1, 0.15) is 6.54 Å². The molecule has 0 spiro atoms. The van der Waals surface area contributed by atoms with Crippen molar-refractivity contribution in [1.82, 2.24) is 15.1 Å². The van der Waals surface area contributed by atoms with E-state index in [0.717, 1.165) is 12.8 Å². The quantitative estimate of drug-likeness (QED) is 0.688. The lowest BCUT2D eigenvalue weighted by Crippen LogP contribution is -2.45. The van der Waals surface area contributed by atoms with E-state index in [1.807, 2.05) is 6.92 Å². The number of likely N-dealkylation sites (N-methyl/N-ethyl adjacent to an activating group) is 2. The van der Waals surface area contributed by atoms with Gasteiger partial charge in [0.15, 0.2) is 0 Å². The van der Waals surface area contributed by atoms with Crippen molar-refractivity contribution in [1.29, 1.82) is 0 Å². The first-order valence-corrected chi connectivity index (χ1v) is 5.75. The second kappa shape index (κ2) is 7.96. The highest BCUT2D eigenvalue weighted by Crippen LogP contribution is 1.93.